The smallest absolute Gasteiger partial charge is 0.265 e. The predicted octanol–water partition coefficient (Wildman–Crippen LogP) is 2.98. The molecule has 1 aliphatic heterocycles. The van der Waals surface area contributed by atoms with Gasteiger partial charge in [-0.05, 0) is 36.8 Å². The fourth-order valence-electron chi connectivity index (χ4n) is 2.32. The van der Waals surface area contributed by atoms with Crippen LogP contribution in [0.25, 0.3) is 0 Å². The number of amides is 1. The van der Waals surface area contributed by atoms with Gasteiger partial charge in [-0.1, -0.05) is 18.2 Å². The largest absolute Gasteiger partial charge is 0.485 e. The Kier molecular flexibility index (Phi) is 4.14. The Labute approximate surface area is 132 Å². The van der Waals surface area contributed by atoms with E-state index >= 15 is 0 Å². The summed E-state index contributed by atoms with van der Waals surface area (Å²) in [6.07, 6.45) is -0.794. The van der Waals surface area contributed by atoms with E-state index in [1.54, 1.807) is 25.1 Å². The van der Waals surface area contributed by atoms with Crippen molar-refractivity contribution in [3.8, 4) is 11.5 Å². The van der Waals surface area contributed by atoms with Crippen molar-refractivity contribution in [3.63, 3.8) is 0 Å². The van der Waals surface area contributed by atoms with Gasteiger partial charge in [0.25, 0.3) is 5.91 Å². The van der Waals surface area contributed by atoms with E-state index in [4.69, 9.17) is 9.47 Å². The van der Waals surface area contributed by atoms with Crippen LogP contribution in [0.3, 0.4) is 0 Å². The van der Waals surface area contributed by atoms with Crippen LogP contribution in [-0.2, 0) is 4.79 Å². The predicted molar refractivity (Wildman–Crippen MR) is 79.3 cm³/mol. The molecule has 0 aliphatic carbocycles. The van der Waals surface area contributed by atoms with Gasteiger partial charge in [0, 0.05) is 0 Å². The van der Waals surface area contributed by atoms with Crippen LogP contribution in [0.4, 0.5) is 8.78 Å². The molecule has 1 aliphatic rings. The number of benzene rings is 2. The van der Waals surface area contributed by atoms with Gasteiger partial charge >= 0.3 is 0 Å². The minimum atomic E-state index is -0.949. The molecule has 6 heteroatoms. The summed E-state index contributed by atoms with van der Waals surface area (Å²) in [5.41, 5.74) is 0.467. The Morgan fingerprint density at radius 3 is 2.65 bits per heavy atom. The number of carbonyl (C=O) groups excluding carboxylic acids is 1. The number of fused-ring (bicyclic) bond motifs is 1. The van der Waals surface area contributed by atoms with E-state index in [0.717, 1.165) is 12.1 Å². The lowest BCUT2D eigenvalue weighted by Gasteiger charge is -2.26. The monoisotopic (exact) mass is 319 g/mol. The highest BCUT2D eigenvalue weighted by Crippen LogP contribution is 2.31. The van der Waals surface area contributed by atoms with Crippen molar-refractivity contribution in [1.82, 2.24) is 5.32 Å². The molecule has 2 atom stereocenters. The topological polar surface area (TPSA) is 47.6 Å². The van der Waals surface area contributed by atoms with E-state index in [-0.39, 0.29) is 12.5 Å². The number of halogens is 2. The van der Waals surface area contributed by atoms with Gasteiger partial charge in [-0.25, -0.2) is 8.78 Å². The number of rotatable bonds is 3. The molecule has 1 heterocycles. The molecule has 23 heavy (non-hydrogen) atoms. The molecule has 3 rings (SSSR count). The first kappa shape index (κ1) is 15.3. The second kappa shape index (κ2) is 6.24. The van der Waals surface area contributed by atoms with Gasteiger partial charge in [0.15, 0.2) is 23.1 Å². The van der Waals surface area contributed by atoms with Crippen molar-refractivity contribution in [3.05, 3.63) is 59.7 Å². The third kappa shape index (κ3) is 3.26. The quantitative estimate of drug-likeness (QED) is 0.946. The fourth-order valence-corrected chi connectivity index (χ4v) is 2.32. The first-order valence-electron chi connectivity index (χ1n) is 7.18. The maximum absolute atomic E-state index is 13.3. The average molecular weight is 319 g/mol. The van der Waals surface area contributed by atoms with Crippen molar-refractivity contribution in [2.24, 2.45) is 0 Å². The second-order valence-corrected chi connectivity index (χ2v) is 5.27. The molecular formula is C17H15F2NO3. The maximum atomic E-state index is 13.3. The van der Waals surface area contributed by atoms with Gasteiger partial charge < -0.3 is 14.8 Å². The molecule has 2 aromatic carbocycles. The molecule has 0 spiro atoms. The van der Waals surface area contributed by atoms with Gasteiger partial charge in [-0.15, -0.1) is 0 Å². The van der Waals surface area contributed by atoms with Crippen LogP contribution in [0.2, 0.25) is 0 Å². The van der Waals surface area contributed by atoms with E-state index in [0.29, 0.717) is 17.1 Å². The first-order chi connectivity index (χ1) is 11.0. The van der Waals surface area contributed by atoms with Crippen molar-refractivity contribution in [2.75, 3.05) is 6.61 Å². The zero-order chi connectivity index (χ0) is 16.4. The number of hydrogen-bond donors (Lipinski definition) is 1. The molecule has 1 amide bonds. The highest BCUT2D eigenvalue weighted by Gasteiger charge is 2.28. The van der Waals surface area contributed by atoms with Gasteiger partial charge in [-0.3, -0.25) is 4.79 Å². The Morgan fingerprint density at radius 2 is 1.91 bits per heavy atom. The molecule has 0 bridgehead atoms. The fraction of sp³-hybridized carbons (Fsp3) is 0.235. The summed E-state index contributed by atoms with van der Waals surface area (Å²) in [7, 11) is 0. The van der Waals surface area contributed by atoms with Crippen molar-refractivity contribution >= 4 is 5.91 Å². The normalized spacial score (nSPS) is 17.4. The standard InChI is InChI=1S/C17H15F2NO3/c1-10(11-6-7-12(18)13(19)8-11)20-17(21)16-9-22-14-4-2-3-5-15(14)23-16/h2-8,10,16H,9H2,1H3,(H,20,21)/t10-,16-/m1/s1. The summed E-state index contributed by atoms with van der Waals surface area (Å²) in [5.74, 6) is -1.16. The van der Waals surface area contributed by atoms with E-state index in [2.05, 4.69) is 5.32 Å². The zero-order valence-electron chi connectivity index (χ0n) is 12.4. The van der Waals surface area contributed by atoms with Crippen molar-refractivity contribution < 1.29 is 23.0 Å². The Hall–Kier alpha value is -2.63. The van der Waals surface area contributed by atoms with Crippen LogP contribution in [0.5, 0.6) is 11.5 Å². The van der Waals surface area contributed by atoms with Crippen molar-refractivity contribution in [2.45, 2.75) is 19.1 Å². The molecule has 120 valence electrons. The summed E-state index contributed by atoms with van der Waals surface area (Å²) < 4.78 is 37.3. The second-order valence-electron chi connectivity index (χ2n) is 5.27. The number of carbonyl (C=O) groups is 1. The average Bonchev–Trinajstić information content (AvgIpc) is 2.56. The number of nitrogens with one attached hydrogen (secondary N) is 1. The van der Waals surface area contributed by atoms with Crippen LogP contribution in [0, 0.1) is 11.6 Å². The summed E-state index contributed by atoms with van der Waals surface area (Å²) >= 11 is 0. The van der Waals surface area contributed by atoms with E-state index in [9.17, 15) is 13.6 Å². The van der Waals surface area contributed by atoms with Gasteiger partial charge in [0.2, 0.25) is 6.10 Å². The van der Waals surface area contributed by atoms with E-state index < -0.39 is 23.8 Å². The lowest BCUT2D eigenvalue weighted by Crippen LogP contribution is -2.44. The molecule has 0 unspecified atom stereocenters. The van der Waals surface area contributed by atoms with Crippen LogP contribution in [0.15, 0.2) is 42.5 Å². The Balaban J connectivity index is 1.66. The molecule has 0 saturated heterocycles. The van der Waals surface area contributed by atoms with Crippen LogP contribution in [-0.4, -0.2) is 18.6 Å². The summed E-state index contributed by atoms with van der Waals surface area (Å²) in [4.78, 5) is 12.3. The summed E-state index contributed by atoms with van der Waals surface area (Å²) in [6.45, 7) is 1.77. The molecule has 0 saturated carbocycles. The highest BCUT2D eigenvalue weighted by atomic mass is 19.2. The Bertz CT molecular complexity index is 736. The lowest BCUT2D eigenvalue weighted by atomic mass is 10.1. The third-order valence-corrected chi connectivity index (χ3v) is 3.60. The van der Waals surface area contributed by atoms with E-state index in [1.165, 1.54) is 6.07 Å². The number of para-hydroxylation sites is 2. The first-order valence-corrected chi connectivity index (χ1v) is 7.18. The number of ether oxygens (including phenoxy) is 2. The molecule has 4 nitrogen and oxygen atoms in total. The summed E-state index contributed by atoms with van der Waals surface area (Å²) in [6, 6.07) is 10.1. The Morgan fingerprint density at radius 1 is 1.17 bits per heavy atom. The van der Waals surface area contributed by atoms with E-state index in [1.807, 2.05) is 6.07 Å². The minimum Gasteiger partial charge on any atom is -0.485 e. The molecule has 2 aromatic rings. The van der Waals surface area contributed by atoms with Gasteiger partial charge in [0.1, 0.15) is 6.61 Å². The lowest BCUT2D eigenvalue weighted by molar-refractivity contribution is -0.131. The highest BCUT2D eigenvalue weighted by molar-refractivity contribution is 5.82. The molecular weight excluding hydrogens is 304 g/mol. The van der Waals surface area contributed by atoms with Crippen LogP contribution < -0.4 is 14.8 Å². The van der Waals surface area contributed by atoms with Crippen LogP contribution >= 0.6 is 0 Å². The maximum Gasteiger partial charge on any atom is 0.265 e. The summed E-state index contributed by atoms with van der Waals surface area (Å²) in [5, 5.41) is 2.71. The SMILES string of the molecule is C[C@@H](NC(=O)[C@H]1COc2ccccc2O1)c1ccc(F)c(F)c1. The van der Waals surface area contributed by atoms with Gasteiger partial charge in [0.05, 0.1) is 6.04 Å². The molecule has 0 aromatic heterocycles. The number of hydrogen-bond acceptors (Lipinski definition) is 3. The van der Waals surface area contributed by atoms with Crippen LogP contribution in [0.1, 0.15) is 18.5 Å². The zero-order valence-corrected chi connectivity index (χ0v) is 12.4. The molecule has 0 fully saturated rings. The van der Waals surface area contributed by atoms with Crippen molar-refractivity contribution in [1.29, 1.82) is 0 Å². The minimum absolute atomic E-state index is 0.0906. The molecule has 1 N–H and O–H groups in total. The third-order valence-electron chi connectivity index (χ3n) is 3.60. The van der Waals surface area contributed by atoms with Gasteiger partial charge in [-0.2, -0.15) is 0 Å². The molecule has 0 radical (unpaired) electrons.